The molecule has 0 bridgehead atoms. The number of anilines is 2. The highest BCUT2D eigenvalue weighted by atomic mass is 32.2. The highest BCUT2D eigenvalue weighted by Gasteiger charge is 2.34. The molecule has 0 aliphatic carbocycles. The summed E-state index contributed by atoms with van der Waals surface area (Å²) < 4.78 is 23.7. The van der Waals surface area contributed by atoms with E-state index in [1.54, 1.807) is 17.0 Å². The van der Waals surface area contributed by atoms with Crippen molar-refractivity contribution >= 4 is 61.1 Å². The first-order valence-electron chi connectivity index (χ1n) is 11.0. The van der Waals surface area contributed by atoms with Crippen LogP contribution < -0.4 is 20.8 Å². The summed E-state index contributed by atoms with van der Waals surface area (Å²) in [7, 11) is -3.96. The van der Waals surface area contributed by atoms with Crippen LogP contribution in [-0.4, -0.2) is 25.1 Å². The summed E-state index contributed by atoms with van der Waals surface area (Å²) in [6, 6.07) is 27.6. The molecule has 0 saturated heterocycles. The lowest BCUT2D eigenvalue weighted by atomic mass is 10.0. The second-order valence-electron chi connectivity index (χ2n) is 8.11. The third kappa shape index (κ3) is 4.57. The number of benzene rings is 4. The van der Waals surface area contributed by atoms with E-state index in [1.807, 2.05) is 66.7 Å². The molecule has 1 amide bonds. The van der Waals surface area contributed by atoms with Crippen molar-refractivity contribution in [2.24, 2.45) is 10.2 Å². The number of fused-ring (bicyclic) bond motifs is 2. The Kier molecular flexibility index (Phi) is 6.23. The van der Waals surface area contributed by atoms with Crippen molar-refractivity contribution in [1.82, 2.24) is 5.43 Å². The fourth-order valence-corrected chi connectivity index (χ4v) is 5.05. The standard InChI is InChI=1S/C26H21N5O3S2/c27-36(33,34)23-15-6-4-13-21(23)28-26(35)30-29-24-20-12-3-5-14-22(20)31(25(24)32)16-18-10-7-9-17-8-1-2-11-19(17)18/h1-15H,16H2,(H2,27,33,34)(H2,28,30,35)/b29-24-. The van der Waals surface area contributed by atoms with E-state index >= 15 is 0 Å². The number of primary sulfonamides is 1. The van der Waals surface area contributed by atoms with Crippen molar-refractivity contribution in [2.45, 2.75) is 11.4 Å². The van der Waals surface area contributed by atoms with Gasteiger partial charge in [-0.2, -0.15) is 5.10 Å². The summed E-state index contributed by atoms with van der Waals surface area (Å²) >= 11 is 5.29. The van der Waals surface area contributed by atoms with E-state index in [-0.39, 0.29) is 27.3 Å². The van der Waals surface area contributed by atoms with Crippen molar-refractivity contribution in [2.75, 3.05) is 10.2 Å². The first-order valence-corrected chi connectivity index (χ1v) is 12.9. The molecule has 0 atom stereocenters. The average Bonchev–Trinajstić information content (AvgIpc) is 3.13. The number of para-hydroxylation sites is 2. The van der Waals surface area contributed by atoms with Crippen molar-refractivity contribution in [3.63, 3.8) is 0 Å². The number of carbonyl (C=O) groups is 1. The summed E-state index contributed by atoms with van der Waals surface area (Å²) in [6.07, 6.45) is 0. The minimum absolute atomic E-state index is 0.0105. The Labute approximate surface area is 213 Å². The molecule has 180 valence electrons. The molecule has 0 aromatic heterocycles. The monoisotopic (exact) mass is 515 g/mol. The number of nitrogens with two attached hydrogens (primary N) is 1. The largest absolute Gasteiger partial charge is 0.330 e. The van der Waals surface area contributed by atoms with Gasteiger partial charge in [-0.15, -0.1) is 0 Å². The molecular formula is C26H21N5O3S2. The van der Waals surface area contributed by atoms with Crippen molar-refractivity contribution in [3.8, 4) is 0 Å². The number of carbonyl (C=O) groups excluding carboxylic acids is 1. The zero-order valence-corrected chi connectivity index (χ0v) is 20.5. The number of nitrogens with one attached hydrogen (secondary N) is 2. The molecular weight excluding hydrogens is 494 g/mol. The maximum Gasteiger partial charge on any atom is 0.279 e. The Morgan fingerprint density at radius 2 is 1.61 bits per heavy atom. The van der Waals surface area contributed by atoms with Crippen LogP contribution >= 0.6 is 12.2 Å². The Bertz CT molecular complexity index is 1650. The molecule has 8 nitrogen and oxygen atoms in total. The molecule has 1 aliphatic rings. The van der Waals surface area contributed by atoms with Gasteiger partial charge in [-0.3, -0.25) is 10.2 Å². The van der Waals surface area contributed by atoms with Gasteiger partial charge in [0.2, 0.25) is 10.0 Å². The fraction of sp³-hybridized carbons (Fsp3) is 0.0385. The van der Waals surface area contributed by atoms with Crippen molar-refractivity contribution in [1.29, 1.82) is 0 Å². The van der Waals surface area contributed by atoms with Crippen LogP contribution in [0.1, 0.15) is 11.1 Å². The van der Waals surface area contributed by atoms with E-state index < -0.39 is 10.0 Å². The minimum atomic E-state index is -3.96. The Balaban J connectivity index is 1.41. The molecule has 0 unspecified atom stereocenters. The van der Waals surface area contributed by atoms with Crippen LogP contribution in [0.25, 0.3) is 10.8 Å². The molecule has 0 radical (unpaired) electrons. The van der Waals surface area contributed by atoms with Gasteiger partial charge < -0.3 is 10.2 Å². The van der Waals surface area contributed by atoms with Crippen LogP contribution in [0.2, 0.25) is 0 Å². The molecule has 4 N–H and O–H groups in total. The highest BCUT2D eigenvalue weighted by molar-refractivity contribution is 7.89. The molecule has 4 aromatic rings. The van der Waals surface area contributed by atoms with Crippen LogP contribution in [0.5, 0.6) is 0 Å². The molecule has 36 heavy (non-hydrogen) atoms. The van der Waals surface area contributed by atoms with Gasteiger partial charge in [-0.1, -0.05) is 72.8 Å². The lowest BCUT2D eigenvalue weighted by molar-refractivity contribution is -0.112. The van der Waals surface area contributed by atoms with E-state index in [4.69, 9.17) is 17.4 Å². The number of sulfonamides is 1. The van der Waals surface area contributed by atoms with Crippen molar-refractivity contribution < 1.29 is 13.2 Å². The third-order valence-corrected chi connectivity index (χ3v) is 6.98. The van der Waals surface area contributed by atoms with Gasteiger partial charge in [0.05, 0.1) is 17.9 Å². The van der Waals surface area contributed by atoms with E-state index in [2.05, 4.69) is 15.8 Å². The maximum atomic E-state index is 13.5. The smallest absolute Gasteiger partial charge is 0.279 e. The van der Waals surface area contributed by atoms with Crippen LogP contribution in [0, 0.1) is 0 Å². The average molecular weight is 516 g/mol. The van der Waals surface area contributed by atoms with Gasteiger partial charge in [-0.25, -0.2) is 13.6 Å². The molecule has 0 saturated carbocycles. The summed E-state index contributed by atoms with van der Waals surface area (Å²) in [4.78, 5) is 15.0. The predicted molar refractivity (Wildman–Crippen MR) is 145 cm³/mol. The highest BCUT2D eigenvalue weighted by Crippen LogP contribution is 2.32. The lowest BCUT2D eigenvalue weighted by Crippen LogP contribution is -2.32. The van der Waals surface area contributed by atoms with E-state index in [0.29, 0.717) is 12.1 Å². The molecule has 1 heterocycles. The zero-order valence-electron chi connectivity index (χ0n) is 18.9. The number of hydrogen-bond donors (Lipinski definition) is 3. The van der Waals surface area contributed by atoms with Gasteiger partial charge in [0.25, 0.3) is 5.91 Å². The second kappa shape index (κ2) is 9.50. The number of hydrazone groups is 1. The number of nitrogens with zero attached hydrogens (tertiary/aromatic N) is 2. The van der Waals surface area contributed by atoms with Crippen LogP contribution in [-0.2, 0) is 21.4 Å². The van der Waals surface area contributed by atoms with Gasteiger partial charge in [0.1, 0.15) is 4.90 Å². The number of rotatable bonds is 5. The first-order chi connectivity index (χ1) is 17.3. The Morgan fingerprint density at radius 1 is 0.917 bits per heavy atom. The molecule has 4 aromatic carbocycles. The molecule has 1 aliphatic heterocycles. The molecule has 10 heteroatoms. The summed E-state index contributed by atoms with van der Waals surface area (Å²) in [5, 5.41) is 14.5. The van der Waals surface area contributed by atoms with Gasteiger partial charge in [0, 0.05) is 5.56 Å². The third-order valence-electron chi connectivity index (χ3n) is 5.82. The predicted octanol–water partition coefficient (Wildman–Crippen LogP) is 3.72. The lowest BCUT2D eigenvalue weighted by Gasteiger charge is -2.18. The number of hydrogen-bond acceptors (Lipinski definition) is 5. The summed E-state index contributed by atoms with van der Waals surface area (Å²) in [6.45, 7) is 0.376. The van der Waals surface area contributed by atoms with Gasteiger partial charge in [0.15, 0.2) is 10.8 Å². The van der Waals surface area contributed by atoms with E-state index in [1.165, 1.54) is 12.1 Å². The zero-order chi connectivity index (χ0) is 25.3. The molecule has 5 rings (SSSR count). The van der Waals surface area contributed by atoms with Crippen LogP contribution in [0.4, 0.5) is 11.4 Å². The Hall–Kier alpha value is -4.12. The maximum absolute atomic E-state index is 13.5. The topological polar surface area (TPSA) is 117 Å². The van der Waals surface area contributed by atoms with Gasteiger partial charge in [-0.05, 0) is 46.8 Å². The summed E-state index contributed by atoms with van der Waals surface area (Å²) in [5.41, 5.74) is 5.50. The Morgan fingerprint density at radius 3 is 2.44 bits per heavy atom. The molecule has 0 spiro atoms. The fourth-order valence-electron chi connectivity index (χ4n) is 4.20. The first kappa shape index (κ1) is 23.6. The quantitative estimate of drug-likeness (QED) is 0.276. The summed E-state index contributed by atoms with van der Waals surface area (Å²) in [5.74, 6) is -0.274. The van der Waals surface area contributed by atoms with E-state index in [9.17, 15) is 13.2 Å². The van der Waals surface area contributed by atoms with Crippen molar-refractivity contribution in [3.05, 3.63) is 102 Å². The normalized spacial score (nSPS) is 14.2. The minimum Gasteiger partial charge on any atom is -0.330 e. The molecule has 0 fully saturated rings. The second-order valence-corrected chi connectivity index (χ2v) is 10.1. The SMILES string of the molecule is NS(=O)(=O)c1ccccc1NC(=S)N/N=C1\C(=O)N(Cc2cccc3ccccc23)c2ccccc21. The number of thiocarbonyl (C=S) groups is 1. The van der Waals surface area contributed by atoms with E-state index in [0.717, 1.165) is 22.0 Å². The van der Waals surface area contributed by atoms with Gasteiger partial charge >= 0.3 is 0 Å². The number of amides is 1. The van der Waals surface area contributed by atoms with Crippen LogP contribution in [0.15, 0.2) is 101 Å². The van der Waals surface area contributed by atoms with Crippen LogP contribution in [0.3, 0.4) is 0 Å².